The number of nitrogens with two attached hydrogens (primary N) is 2. The second-order valence-electron chi connectivity index (χ2n) is 6.36. The topological polar surface area (TPSA) is 183 Å². The third kappa shape index (κ3) is 5.71. The van der Waals surface area contributed by atoms with Crippen molar-refractivity contribution in [3.05, 3.63) is 22.7 Å². The lowest BCUT2D eigenvalue weighted by atomic mass is 10.0. The maximum Gasteiger partial charge on any atom is 0.351 e. The Morgan fingerprint density at radius 2 is 2.00 bits per heavy atom. The van der Waals surface area contributed by atoms with Gasteiger partial charge in [-0.1, -0.05) is 29.8 Å². The van der Waals surface area contributed by atoms with Gasteiger partial charge >= 0.3 is 17.6 Å². The fourth-order valence-corrected chi connectivity index (χ4v) is 2.62. The SMILES string of the molecule is CCC(Br)(CC)C(=O)NC(N)=O.Nc1ccn([C@@H]2O[C@H](CO)[C@@H](O)C2(F)F)c(=O)n1. The number of halogens is 3. The number of primary amides is 1. The molecule has 1 aliphatic heterocycles. The van der Waals surface area contributed by atoms with Crippen LogP contribution in [0.25, 0.3) is 0 Å². The van der Waals surface area contributed by atoms with Gasteiger partial charge in [0.1, 0.15) is 16.2 Å². The molecule has 1 saturated heterocycles. The van der Waals surface area contributed by atoms with Crippen molar-refractivity contribution in [2.24, 2.45) is 5.73 Å². The average molecular weight is 500 g/mol. The number of aromatic nitrogens is 2. The van der Waals surface area contributed by atoms with Crippen LogP contribution in [0.2, 0.25) is 0 Å². The van der Waals surface area contributed by atoms with E-state index >= 15 is 0 Å². The molecule has 0 bridgehead atoms. The number of ether oxygens (including phenoxy) is 1. The van der Waals surface area contributed by atoms with E-state index in [-0.39, 0.29) is 11.7 Å². The second kappa shape index (κ2) is 10.2. The molecule has 0 aromatic carbocycles. The Labute approximate surface area is 178 Å². The second-order valence-corrected chi connectivity index (χ2v) is 7.88. The van der Waals surface area contributed by atoms with Crippen LogP contribution in [0.4, 0.5) is 19.4 Å². The quantitative estimate of drug-likeness (QED) is 0.346. The van der Waals surface area contributed by atoms with Crippen LogP contribution in [-0.2, 0) is 9.53 Å². The summed E-state index contributed by atoms with van der Waals surface area (Å²) in [5.74, 6) is -4.20. The number of hydrogen-bond acceptors (Lipinski definition) is 8. The van der Waals surface area contributed by atoms with E-state index in [1.54, 1.807) is 0 Å². The first-order valence-corrected chi connectivity index (χ1v) is 9.59. The Hall–Kier alpha value is -2.16. The number of carbonyl (C=O) groups excluding carboxylic acids is 2. The molecular weight excluding hydrogens is 476 g/mol. The third-order valence-electron chi connectivity index (χ3n) is 4.43. The van der Waals surface area contributed by atoms with Crippen LogP contribution >= 0.6 is 15.9 Å². The predicted octanol–water partition coefficient (Wildman–Crippen LogP) is -0.154. The van der Waals surface area contributed by atoms with E-state index in [1.807, 2.05) is 19.2 Å². The summed E-state index contributed by atoms with van der Waals surface area (Å²) in [4.78, 5) is 36.4. The van der Waals surface area contributed by atoms with Crippen LogP contribution in [0, 0.1) is 0 Å². The van der Waals surface area contributed by atoms with Crippen molar-refractivity contribution in [3.63, 3.8) is 0 Å². The van der Waals surface area contributed by atoms with Gasteiger partial charge in [-0.15, -0.1) is 0 Å². The molecule has 14 heteroatoms. The van der Waals surface area contributed by atoms with Gasteiger partial charge in [-0.05, 0) is 18.9 Å². The first kappa shape index (κ1) is 25.9. The largest absolute Gasteiger partial charge is 0.394 e. The highest BCUT2D eigenvalue weighted by Crippen LogP contribution is 2.41. The lowest BCUT2D eigenvalue weighted by Crippen LogP contribution is -2.46. The minimum Gasteiger partial charge on any atom is -0.394 e. The molecule has 3 atom stereocenters. The zero-order valence-electron chi connectivity index (χ0n) is 16.2. The van der Waals surface area contributed by atoms with Crippen LogP contribution < -0.4 is 22.5 Å². The van der Waals surface area contributed by atoms with Crippen molar-refractivity contribution in [1.82, 2.24) is 14.9 Å². The molecular formula is C16H24BrF2N5O6. The minimum absolute atomic E-state index is 0.114. The van der Waals surface area contributed by atoms with Crippen LogP contribution in [0.1, 0.15) is 32.9 Å². The zero-order chi connectivity index (χ0) is 23.3. The van der Waals surface area contributed by atoms with E-state index < -0.39 is 47.0 Å². The first-order chi connectivity index (χ1) is 13.8. The number of nitrogens with one attached hydrogen (secondary N) is 1. The van der Waals surface area contributed by atoms with E-state index in [1.165, 1.54) is 0 Å². The number of urea groups is 1. The van der Waals surface area contributed by atoms with Crippen LogP contribution in [0.15, 0.2) is 17.1 Å². The maximum absolute atomic E-state index is 13.7. The highest BCUT2D eigenvalue weighted by atomic mass is 79.9. The molecule has 0 radical (unpaired) electrons. The summed E-state index contributed by atoms with van der Waals surface area (Å²) < 4.78 is 32.0. The molecule has 30 heavy (non-hydrogen) atoms. The highest BCUT2D eigenvalue weighted by molar-refractivity contribution is 9.10. The Morgan fingerprint density at radius 1 is 1.43 bits per heavy atom. The summed E-state index contributed by atoms with van der Waals surface area (Å²) in [5.41, 5.74) is 9.02. The Morgan fingerprint density at radius 3 is 2.40 bits per heavy atom. The van der Waals surface area contributed by atoms with Crippen molar-refractivity contribution in [2.75, 3.05) is 12.3 Å². The monoisotopic (exact) mass is 499 g/mol. The van der Waals surface area contributed by atoms with Crippen molar-refractivity contribution in [2.45, 2.75) is 55.4 Å². The molecule has 3 amide bonds. The third-order valence-corrected chi connectivity index (χ3v) is 5.91. The minimum atomic E-state index is -3.71. The van der Waals surface area contributed by atoms with Gasteiger partial charge in [0.15, 0.2) is 6.10 Å². The van der Waals surface area contributed by atoms with Crippen molar-refractivity contribution >= 4 is 33.7 Å². The molecule has 1 fully saturated rings. The summed E-state index contributed by atoms with van der Waals surface area (Å²) >= 11 is 3.26. The first-order valence-electron chi connectivity index (χ1n) is 8.80. The molecule has 0 spiro atoms. The van der Waals surface area contributed by atoms with Crippen LogP contribution in [0.5, 0.6) is 0 Å². The number of aliphatic hydroxyl groups excluding tert-OH is 2. The Kier molecular flexibility index (Phi) is 8.83. The average Bonchev–Trinajstić information content (AvgIpc) is 2.90. The number of nitrogens with zero attached hydrogens (tertiary/aromatic N) is 2. The molecule has 0 aliphatic carbocycles. The molecule has 1 aromatic heterocycles. The van der Waals surface area contributed by atoms with Gasteiger partial charge in [-0.2, -0.15) is 13.8 Å². The molecule has 1 aliphatic rings. The maximum atomic E-state index is 13.7. The van der Waals surface area contributed by atoms with Crippen molar-refractivity contribution in [1.29, 1.82) is 0 Å². The van der Waals surface area contributed by atoms with Crippen molar-refractivity contribution in [3.8, 4) is 0 Å². The summed E-state index contributed by atoms with van der Waals surface area (Å²) in [6, 6.07) is 0.338. The summed E-state index contributed by atoms with van der Waals surface area (Å²) in [5, 5.41) is 20.1. The number of nitrogen functional groups attached to an aromatic ring is 1. The summed E-state index contributed by atoms with van der Waals surface area (Å²) in [7, 11) is 0. The number of imide groups is 1. The van der Waals surface area contributed by atoms with Gasteiger partial charge in [0.2, 0.25) is 12.1 Å². The predicted molar refractivity (Wildman–Crippen MR) is 105 cm³/mol. The molecule has 2 rings (SSSR count). The molecule has 7 N–H and O–H groups in total. The van der Waals surface area contributed by atoms with Gasteiger partial charge < -0.3 is 26.4 Å². The van der Waals surface area contributed by atoms with E-state index in [2.05, 4.69) is 20.9 Å². The smallest absolute Gasteiger partial charge is 0.351 e. The van der Waals surface area contributed by atoms with Gasteiger partial charge in [-0.3, -0.25) is 14.7 Å². The molecule has 2 heterocycles. The lowest BCUT2D eigenvalue weighted by Gasteiger charge is -2.21. The number of alkyl halides is 3. The molecule has 11 nitrogen and oxygen atoms in total. The molecule has 0 saturated carbocycles. The Balaban J connectivity index is 0.000000329. The molecule has 1 aromatic rings. The van der Waals surface area contributed by atoms with Gasteiger partial charge in [-0.25, -0.2) is 9.59 Å². The fourth-order valence-electron chi connectivity index (χ4n) is 2.52. The summed E-state index contributed by atoms with van der Waals surface area (Å²) in [6.07, 6.45) is -3.46. The van der Waals surface area contributed by atoms with E-state index in [0.717, 1.165) is 12.3 Å². The molecule has 170 valence electrons. The van der Waals surface area contributed by atoms with Crippen molar-refractivity contribution < 1.29 is 33.3 Å². The number of hydrogen-bond donors (Lipinski definition) is 5. The number of aliphatic hydroxyl groups is 2. The Bertz CT molecular complexity index is 820. The van der Waals surface area contributed by atoms with Crippen LogP contribution in [0.3, 0.4) is 0 Å². The number of carbonyl (C=O) groups is 2. The summed E-state index contributed by atoms with van der Waals surface area (Å²) in [6.45, 7) is 2.93. The van der Waals surface area contributed by atoms with Gasteiger partial charge in [0, 0.05) is 6.20 Å². The number of amides is 3. The number of rotatable bonds is 5. The fraction of sp³-hybridized carbons (Fsp3) is 0.625. The van der Waals surface area contributed by atoms with Gasteiger partial charge in [0.25, 0.3) is 0 Å². The molecule has 0 unspecified atom stereocenters. The normalized spacial score (nSPS) is 22.7. The standard InChI is InChI=1S/C9H11F2N3O4.C7H13BrN2O2/c10-9(11)6(16)4(3-15)18-7(9)14-2-1-5(12)13-8(14)17;1-3-7(8,4-2)5(11)10-6(9)12/h1-2,4,6-7,15-16H,3H2,(H2,12,13,17);3-4H2,1-2H3,(H3,9,10,11,12)/t4-,6-,7-;/m1./s1. The van der Waals surface area contributed by atoms with Gasteiger partial charge in [0.05, 0.1) is 6.61 Å². The highest BCUT2D eigenvalue weighted by Gasteiger charge is 2.59. The van der Waals surface area contributed by atoms with E-state index in [0.29, 0.717) is 17.4 Å². The zero-order valence-corrected chi connectivity index (χ0v) is 17.8. The van der Waals surface area contributed by atoms with E-state index in [9.17, 15) is 28.3 Å². The lowest BCUT2D eigenvalue weighted by molar-refractivity contribution is -0.140. The number of anilines is 1. The van der Waals surface area contributed by atoms with Crippen LogP contribution in [-0.4, -0.2) is 60.8 Å². The van der Waals surface area contributed by atoms with E-state index in [4.69, 9.17) is 21.3 Å².